The molecule has 0 radical (unpaired) electrons. The van der Waals surface area contributed by atoms with Crippen LogP contribution in [-0.2, 0) is 6.18 Å². The second-order valence-electron chi connectivity index (χ2n) is 3.27. The Morgan fingerprint density at radius 3 is 2.47 bits per heavy atom. The number of nitrogens with zero attached hydrogens (tertiary/aromatic N) is 2. The molecular formula is C9H12F3N3. The standard InChI is InChI=1S/C9H12F3N3/c1-3-6(13)8-14-5(2)4-7(15-8)9(10,11)12/h4,6H,3,13H2,1-2H3. The summed E-state index contributed by atoms with van der Waals surface area (Å²) in [6, 6.07) is 0.359. The second-order valence-corrected chi connectivity index (χ2v) is 3.27. The van der Waals surface area contributed by atoms with Crippen molar-refractivity contribution in [2.45, 2.75) is 32.5 Å². The number of rotatable bonds is 2. The summed E-state index contributed by atoms with van der Waals surface area (Å²) in [5.41, 5.74) is 4.92. The number of hydrogen-bond acceptors (Lipinski definition) is 3. The van der Waals surface area contributed by atoms with Gasteiger partial charge in [0.2, 0.25) is 0 Å². The van der Waals surface area contributed by atoms with Gasteiger partial charge < -0.3 is 5.73 Å². The van der Waals surface area contributed by atoms with Crippen LogP contribution in [0.2, 0.25) is 0 Å². The molecule has 1 heterocycles. The fourth-order valence-electron chi connectivity index (χ4n) is 1.09. The van der Waals surface area contributed by atoms with Gasteiger partial charge in [0.05, 0.1) is 6.04 Å². The van der Waals surface area contributed by atoms with Crippen LogP contribution in [0.15, 0.2) is 6.07 Å². The molecule has 0 aliphatic heterocycles. The molecule has 0 spiro atoms. The van der Waals surface area contributed by atoms with Crippen LogP contribution >= 0.6 is 0 Å². The third kappa shape index (κ3) is 2.89. The Labute approximate surface area is 85.5 Å². The SMILES string of the molecule is CCC(N)c1nc(C)cc(C(F)(F)F)n1. The topological polar surface area (TPSA) is 51.8 Å². The lowest BCUT2D eigenvalue weighted by Gasteiger charge is -2.11. The zero-order valence-corrected chi connectivity index (χ0v) is 8.47. The van der Waals surface area contributed by atoms with E-state index < -0.39 is 17.9 Å². The largest absolute Gasteiger partial charge is 0.433 e. The molecule has 3 nitrogen and oxygen atoms in total. The van der Waals surface area contributed by atoms with Crippen molar-refractivity contribution in [2.75, 3.05) is 0 Å². The molecule has 0 aliphatic rings. The highest BCUT2D eigenvalue weighted by atomic mass is 19.4. The van der Waals surface area contributed by atoms with Crippen LogP contribution in [0.1, 0.15) is 36.6 Å². The smallest absolute Gasteiger partial charge is 0.321 e. The summed E-state index contributed by atoms with van der Waals surface area (Å²) in [6.45, 7) is 3.26. The van der Waals surface area contributed by atoms with Gasteiger partial charge in [-0.2, -0.15) is 13.2 Å². The third-order valence-corrected chi connectivity index (χ3v) is 1.93. The maximum absolute atomic E-state index is 12.4. The van der Waals surface area contributed by atoms with E-state index in [9.17, 15) is 13.2 Å². The Morgan fingerprint density at radius 2 is 2.00 bits per heavy atom. The van der Waals surface area contributed by atoms with Gasteiger partial charge in [-0.25, -0.2) is 9.97 Å². The highest BCUT2D eigenvalue weighted by Gasteiger charge is 2.33. The van der Waals surface area contributed by atoms with E-state index in [2.05, 4.69) is 9.97 Å². The monoisotopic (exact) mass is 219 g/mol. The van der Waals surface area contributed by atoms with Crippen molar-refractivity contribution < 1.29 is 13.2 Å². The molecule has 6 heteroatoms. The number of hydrogen-bond donors (Lipinski definition) is 1. The van der Waals surface area contributed by atoms with Crippen LogP contribution in [0, 0.1) is 6.92 Å². The van der Waals surface area contributed by atoms with Gasteiger partial charge in [-0.1, -0.05) is 6.92 Å². The zero-order chi connectivity index (χ0) is 11.6. The van der Waals surface area contributed by atoms with Crippen molar-refractivity contribution >= 4 is 0 Å². The maximum Gasteiger partial charge on any atom is 0.433 e. The van der Waals surface area contributed by atoms with Crippen LogP contribution in [-0.4, -0.2) is 9.97 Å². The summed E-state index contributed by atoms with van der Waals surface area (Å²) < 4.78 is 37.2. The lowest BCUT2D eigenvalue weighted by Crippen LogP contribution is -2.18. The van der Waals surface area contributed by atoms with E-state index in [-0.39, 0.29) is 11.5 Å². The Bertz CT molecular complexity index is 349. The van der Waals surface area contributed by atoms with Gasteiger partial charge in [-0.05, 0) is 19.4 Å². The van der Waals surface area contributed by atoms with Crippen molar-refractivity contribution in [3.05, 3.63) is 23.3 Å². The van der Waals surface area contributed by atoms with Crippen molar-refractivity contribution in [3.63, 3.8) is 0 Å². The number of nitrogens with two attached hydrogens (primary N) is 1. The molecule has 1 aromatic rings. The first-order chi connectivity index (χ1) is 6.84. The summed E-state index contributed by atoms with van der Waals surface area (Å²) >= 11 is 0. The minimum absolute atomic E-state index is 0.0461. The molecule has 15 heavy (non-hydrogen) atoms. The molecule has 0 aliphatic carbocycles. The van der Waals surface area contributed by atoms with Gasteiger partial charge >= 0.3 is 6.18 Å². The minimum atomic E-state index is -4.45. The van der Waals surface area contributed by atoms with E-state index in [1.54, 1.807) is 6.92 Å². The van der Waals surface area contributed by atoms with Gasteiger partial charge in [0.25, 0.3) is 0 Å². The molecule has 1 rings (SSSR count). The molecule has 0 aromatic carbocycles. The lowest BCUT2D eigenvalue weighted by atomic mass is 10.2. The van der Waals surface area contributed by atoms with E-state index in [0.717, 1.165) is 6.07 Å². The summed E-state index contributed by atoms with van der Waals surface area (Å²) in [4.78, 5) is 7.30. The van der Waals surface area contributed by atoms with Gasteiger partial charge in [0.1, 0.15) is 11.5 Å². The summed E-state index contributed by atoms with van der Waals surface area (Å²) in [6.07, 6.45) is -3.95. The van der Waals surface area contributed by atoms with Crippen LogP contribution in [0.5, 0.6) is 0 Å². The summed E-state index contributed by atoms with van der Waals surface area (Å²) in [7, 11) is 0. The number of aryl methyl sites for hydroxylation is 1. The molecule has 1 aromatic heterocycles. The van der Waals surface area contributed by atoms with Gasteiger partial charge in [-0.15, -0.1) is 0 Å². The first-order valence-electron chi connectivity index (χ1n) is 4.53. The van der Waals surface area contributed by atoms with Crippen molar-refractivity contribution in [1.29, 1.82) is 0 Å². The van der Waals surface area contributed by atoms with E-state index >= 15 is 0 Å². The normalized spacial score (nSPS) is 14.0. The fourth-order valence-corrected chi connectivity index (χ4v) is 1.09. The molecule has 0 amide bonds. The van der Waals surface area contributed by atoms with Crippen molar-refractivity contribution in [1.82, 2.24) is 9.97 Å². The van der Waals surface area contributed by atoms with E-state index in [1.807, 2.05) is 0 Å². The Balaban J connectivity index is 3.17. The van der Waals surface area contributed by atoms with Crippen LogP contribution < -0.4 is 5.73 Å². The van der Waals surface area contributed by atoms with E-state index in [1.165, 1.54) is 6.92 Å². The Hall–Kier alpha value is -1.17. The number of halogens is 3. The predicted octanol–water partition coefficient (Wildman–Crippen LogP) is 2.21. The molecule has 0 bridgehead atoms. The first kappa shape index (κ1) is 11.9. The highest BCUT2D eigenvalue weighted by Crippen LogP contribution is 2.28. The van der Waals surface area contributed by atoms with E-state index in [0.29, 0.717) is 6.42 Å². The predicted molar refractivity (Wildman–Crippen MR) is 49.0 cm³/mol. The quantitative estimate of drug-likeness (QED) is 0.829. The second kappa shape index (κ2) is 4.14. The molecule has 0 fully saturated rings. The fraction of sp³-hybridized carbons (Fsp3) is 0.556. The average Bonchev–Trinajstić information content (AvgIpc) is 2.14. The molecule has 0 saturated carbocycles. The Kier molecular flexibility index (Phi) is 3.28. The van der Waals surface area contributed by atoms with Gasteiger partial charge in [-0.3, -0.25) is 0 Å². The van der Waals surface area contributed by atoms with Gasteiger partial charge in [0.15, 0.2) is 0 Å². The van der Waals surface area contributed by atoms with Crippen molar-refractivity contribution in [3.8, 4) is 0 Å². The number of aromatic nitrogens is 2. The summed E-state index contributed by atoms with van der Waals surface area (Å²) in [5, 5.41) is 0. The molecule has 1 atom stereocenters. The molecule has 84 valence electrons. The highest BCUT2D eigenvalue weighted by molar-refractivity contribution is 5.14. The van der Waals surface area contributed by atoms with Crippen LogP contribution in [0.3, 0.4) is 0 Å². The lowest BCUT2D eigenvalue weighted by molar-refractivity contribution is -0.141. The first-order valence-corrected chi connectivity index (χ1v) is 4.53. The molecular weight excluding hydrogens is 207 g/mol. The zero-order valence-electron chi connectivity index (χ0n) is 8.47. The molecule has 1 unspecified atom stereocenters. The average molecular weight is 219 g/mol. The third-order valence-electron chi connectivity index (χ3n) is 1.93. The Morgan fingerprint density at radius 1 is 1.40 bits per heavy atom. The summed E-state index contributed by atoms with van der Waals surface area (Å²) in [5.74, 6) is 0.0461. The van der Waals surface area contributed by atoms with Crippen LogP contribution in [0.25, 0.3) is 0 Å². The number of alkyl halides is 3. The maximum atomic E-state index is 12.4. The molecule has 0 saturated heterocycles. The van der Waals surface area contributed by atoms with Crippen LogP contribution in [0.4, 0.5) is 13.2 Å². The van der Waals surface area contributed by atoms with Gasteiger partial charge in [0, 0.05) is 5.69 Å². The van der Waals surface area contributed by atoms with E-state index in [4.69, 9.17) is 5.73 Å². The molecule has 2 N–H and O–H groups in total. The van der Waals surface area contributed by atoms with Crippen molar-refractivity contribution in [2.24, 2.45) is 5.73 Å². The minimum Gasteiger partial charge on any atom is -0.321 e.